The van der Waals surface area contributed by atoms with E-state index in [2.05, 4.69) is 10.6 Å². The van der Waals surface area contributed by atoms with Gasteiger partial charge in [-0.05, 0) is 32.6 Å². The first-order valence-electron chi connectivity index (χ1n) is 8.62. The number of carbonyl (C=O) groups is 2. The van der Waals surface area contributed by atoms with E-state index >= 15 is 0 Å². The van der Waals surface area contributed by atoms with Crippen LogP contribution in [0.5, 0.6) is 0 Å². The van der Waals surface area contributed by atoms with Gasteiger partial charge in [0.15, 0.2) is 0 Å². The lowest BCUT2D eigenvalue weighted by molar-refractivity contribution is -0.125. The SMILES string of the molecule is CCS(=O)(=O)N1CCN(C(=O)NC2CCC(C(=O)NC)CC2)CC1. The number of sulfonamides is 1. The maximum absolute atomic E-state index is 12.3. The van der Waals surface area contributed by atoms with Gasteiger partial charge in [-0.2, -0.15) is 4.31 Å². The average molecular weight is 360 g/mol. The van der Waals surface area contributed by atoms with Crippen molar-refractivity contribution < 1.29 is 18.0 Å². The Bertz CT molecular complexity index is 550. The van der Waals surface area contributed by atoms with E-state index < -0.39 is 10.0 Å². The molecule has 1 saturated carbocycles. The molecule has 2 fully saturated rings. The first-order chi connectivity index (χ1) is 11.4. The standard InChI is InChI=1S/C15H28N4O4S/c1-3-24(22,23)19-10-8-18(9-11-19)15(21)17-13-6-4-12(5-7-13)14(20)16-2/h12-13H,3-11H2,1-2H3,(H,16,20)(H,17,21). The number of amides is 3. The summed E-state index contributed by atoms with van der Waals surface area (Å²) in [6, 6.07) is -0.0391. The third-order valence-corrected chi connectivity index (χ3v) is 6.84. The van der Waals surface area contributed by atoms with E-state index in [1.807, 2.05) is 0 Å². The maximum atomic E-state index is 12.3. The highest BCUT2D eigenvalue weighted by atomic mass is 32.2. The van der Waals surface area contributed by atoms with Crippen molar-refractivity contribution in [3.63, 3.8) is 0 Å². The van der Waals surface area contributed by atoms with Crippen molar-refractivity contribution in [1.82, 2.24) is 19.8 Å². The Hall–Kier alpha value is -1.35. The summed E-state index contributed by atoms with van der Waals surface area (Å²) in [5.41, 5.74) is 0. The van der Waals surface area contributed by atoms with Gasteiger partial charge in [0.2, 0.25) is 15.9 Å². The Balaban J connectivity index is 1.76. The van der Waals surface area contributed by atoms with E-state index in [0.29, 0.717) is 26.2 Å². The van der Waals surface area contributed by atoms with Crippen LogP contribution in [0.15, 0.2) is 0 Å². The fourth-order valence-corrected chi connectivity index (χ4v) is 4.41. The number of hydrogen-bond acceptors (Lipinski definition) is 4. The van der Waals surface area contributed by atoms with E-state index in [1.54, 1.807) is 18.9 Å². The predicted molar refractivity (Wildman–Crippen MR) is 91.0 cm³/mol. The second-order valence-electron chi connectivity index (χ2n) is 6.40. The lowest BCUT2D eigenvalue weighted by Gasteiger charge is -2.35. The van der Waals surface area contributed by atoms with Crippen molar-refractivity contribution in [1.29, 1.82) is 0 Å². The molecule has 2 aliphatic rings. The predicted octanol–water partition coefficient (Wildman–Crippen LogP) is -0.0319. The summed E-state index contributed by atoms with van der Waals surface area (Å²) in [6.45, 7) is 3.17. The molecule has 24 heavy (non-hydrogen) atoms. The van der Waals surface area contributed by atoms with Crippen LogP contribution in [0.4, 0.5) is 4.79 Å². The average Bonchev–Trinajstić information content (AvgIpc) is 2.61. The van der Waals surface area contributed by atoms with Crippen molar-refractivity contribution in [2.24, 2.45) is 5.92 Å². The molecule has 138 valence electrons. The molecule has 1 aliphatic carbocycles. The van der Waals surface area contributed by atoms with Crippen molar-refractivity contribution in [3.05, 3.63) is 0 Å². The van der Waals surface area contributed by atoms with Crippen LogP contribution in [0, 0.1) is 5.92 Å². The second kappa shape index (κ2) is 8.15. The Morgan fingerprint density at radius 3 is 2.12 bits per heavy atom. The van der Waals surface area contributed by atoms with Crippen LogP contribution in [0.1, 0.15) is 32.6 Å². The normalized spacial score (nSPS) is 26.0. The Kier molecular flexibility index (Phi) is 6.45. The van der Waals surface area contributed by atoms with Crippen molar-refractivity contribution in [3.8, 4) is 0 Å². The van der Waals surface area contributed by atoms with Gasteiger partial charge >= 0.3 is 6.03 Å². The van der Waals surface area contributed by atoms with Gasteiger partial charge in [0.25, 0.3) is 0 Å². The molecule has 0 aromatic carbocycles. The maximum Gasteiger partial charge on any atom is 0.317 e. The summed E-state index contributed by atoms with van der Waals surface area (Å²) in [6.07, 6.45) is 3.17. The van der Waals surface area contributed by atoms with Crippen LogP contribution in [-0.2, 0) is 14.8 Å². The molecule has 0 aromatic heterocycles. The number of piperazine rings is 1. The fraction of sp³-hybridized carbons (Fsp3) is 0.867. The molecule has 0 aromatic rings. The van der Waals surface area contributed by atoms with Crippen LogP contribution < -0.4 is 10.6 Å². The minimum atomic E-state index is -3.18. The highest BCUT2D eigenvalue weighted by Gasteiger charge is 2.30. The first kappa shape index (κ1) is 19.0. The van der Waals surface area contributed by atoms with Crippen LogP contribution in [-0.4, -0.2) is 74.6 Å². The van der Waals surface area contributed by atoms with E-state index in [4.69, 9.17) is 0 Å². The lowest BCUT2D eigenvalue weighted by Crippen LogP contribution is -2.55. The summed E-state index contributed by atoms with van der Waals surface area (Å²) in [5, 5.41) is 5.70. The van der Waals surface area contributed by atoms with Gasteiger partial charge in [-0.25, -0.2) is 13.2 Å². The van der Waals surface area contributed by atoms with E-state index in [-0.39, 0.29) is 29.7 Å². The molecule has 0 unspecified atom stereocenters. The van der Waals surface area contributed by atoms with Crippen LogP contribution >= 0.6 is 0 Å². The van der Waals surface area contributed by atoms with Gasteiger partial charge in [-0.3, -0.25) is 4.79 Å². The summed E-state index contributed by atoms with van der Waals surface area (Å²) < 4.78 is 25.1. The number of nitrogens with zero attached hydrogens (tertiary/aromatic N) is 2. The minimum Gasteiger partial charge on any atom is -0.359 e. The van der Waals surface area contributed by atoms with Crippen LogP contribution in [0.3, 0.4) is 0 Å². The summed E-state index contributed by atoms with van der Waals surface area (Å²) >= 11 is 0. The largest absolute Gasteiger partial charge is 0.359 e. The van der Waals surface area contributed by atoms with E-state index in [1.165, 1.54) is 4.31 Å². The molecule has 9 heteroatoms. The van der Waals surface area contributed by atoms with Gasteiger partial charge in [-0.1, -0.05) is 0 Å². The lowest BCUT2D eigenvalue weighted by atomic mass is 9.85. The topological polar surface area (TPSA) is 98.8 Å². The molecular formula is C15H28N4O4S. The van der Waals surface area contributed by atoms with Crippen molar-refractivity contribution >= 4 is 22.0 Å². The molecule has 0 radical (unpaired) electrons. The molecule has 0 spiro atoms. The number of urea groups is 1. The fourth-order valence-electron chi connectivity index (χ4n) is 3.32. The van der Waals surface area contributed by atoms with Gasteiger partial charge in [0.05, 0.1) is 5.75 Å². The summed E-state index contributed by atoms with van der Waals surface area (Å²) in [5.74, 6) is 0.215. The minimum absolute atomic E-state index is 0.0472. The van der Waals surface area contributed by atoms with Crippen molar-refractivity contribution in [2.45, 2.75) is 38.6 Å². The zero-order chi connectivity index (χ0) is 17.7. The Morgan fingerprint density at radius 1 is 1.04 bits per heavy atom. The highest BCUT2D eigenvalue weighted by molar-refractivity contribution is 7.89. The first-order valence-corrected chi connectivity index (χ1v) is 10.2. The molecule has 1 saturated heterocycles. The summed E-state index contributed by atoms with van der Waals surface area (Å²) in [4.78, 5) is 25.6. The van der Waals surface area contributed by atoms with Crippen LogP contribution in [0.2, 0.25) is 0 Å². The summed E-state index contributed by atoms with van der Waals surface area (Å²) in [7, 11) is -1.53. The quantitative estimate of drug-likeness (QED) is 0.735. The smallest absolute Gasteiger partial charge is 0.317 e. The van der Waals surface area contributed by atoms with Gasteiger partial charge in [0, 0.05) is 45.2 Å². The van der Waals surface area contributed by atoms with E-state index in [9.17, 15) is 18.0 Å². The molecule has 3 amide bonds. The third-order valence-electron chi connectivity index (χ3n) is 4.96. The Morgan fingerprint density at radius 2 is 1.62 bits per heavy atom. The number of hydrogen-bond donors (Lipinski definition) is 2. The van der Waals surface area contributed by atoms with Crippen molar-refractivity contribution in [2.75, 3.05) is 39.0 Å². The molecule has 2 rings (SSSR count). The van der Waals surface area contributed by atoms with Gasteiger partial charge in [0.1, 0.15) is 0 Å². The molecule has 1 aliphatic heterocycles. The van der Waals surface area contributed by atoms with Gasteiger partial charge < -0.3 is 15.5 Å². The molecule has 8 nitrogen and oxygen atoms in total. The zero-order valence-electron chi connectivity index (χ0n) is 14.5. The second-order valence-corrected chi connectivity index (χ2v) is 8.66. The molecular weight excluding hydrogens is 332 g/mol. The number of nitrogens with one attached hydrogen (secondary N) is 2. The zero-order valence-corrected chi connectivity index (χ0v) is 15.3. The molecule has 2 N–H and O–H groups in total. The number of carbonyl (C=O) groups excluding carboxylic acids is 2. The Labute approximate surface area is 144 Å². The highest BCUT2D eigenvalue weighted by Crippen LogP contribution is 2.24. The molecule has 0 atom stereocenters. The molecule has 0 bridgehead atoms. The number of rotatable bonds is 4. The van der Waals surface area contributed by atoms with Crippen LogP contribution in [0.25, 0.3) is 0 Å². The van der Waals surface area contributed by atoms with Gasteiger partial charge in [-0.15, -0.1) is 0 Å². The monoisotopic (exact) mass is 360 g/mol. The van der Waals surface area contributed by atoms with E-state index in [0.717, 1.165) is 25.7 Å². The third kappa shape index (κ3) is 4.60. The molecule has 1 heterocycles.